The summed E-state index contributed by atoms with van der Waals surface area (Å²) >= 11 is 0. The molecule has 58 valence electrons. The van der Waals surface area contributed by atoms with Crippen molar-refractivity contribution in [3.63, 3.8) is 0 Å². The van der Waals surface area contributed by atoms with Gasteiger partial charge in [-0.1, -0.05) is 0 Å². The van der Waals surface area contributed by atoms with E-state index in [-0.39, 0.29) is 6.54 Å². The maximum atomic E-state index is 13.1. The number of alkyl halides is 1. The fraction of sp³-hybridized carbons (Fsp3) is 0.857. The Morgan fingerprint density at radius 3 is 2.80 bits per heavy atom. The minimum atomic E-state index is -1.15. The van der Waals surface area contributed by atoms with Crippen molar-refractivity contribution in [2.24, 2.45) is 0 Å². The van der Waals surface area contributed by atoms with E-state index < -0.39 is 5.67 Å². The van der Waals surface area contributed by atoms with E-state index in [9.17, 15) is 9.18 Å². The van der Waals surface area contributed by atoms with Gasteiger partial charge in [0.15, 0.2) is 0 Å². The summed E-state index contributed by atoms with van der Waals surface area (Å²) in [5, 5.41) is 0. The molecular weight excluding hydrogens is 133 g/mol. The fourth-order valence-corrected chi connectivity index (χ4v) is 1.32. The van der Waals surface area contributed by atoms with Crippen LogP contribution in [0.3, 0.4) is 0 Å². The van der Waals surface area contributed by atoms with Crippen LogP contribution in [-0.4, -0.2) is 30.1 Å². The highest BCUT2D eigenvalue weighted by atomic mass is 19.1. The van der Waals surface area contributed by atoms with E-state index in [2.05, 4.69) is 0 Å². The lowest BCUT2D eigenvalue weighted by atomic mass is 9.98. The van der Waals surface area contributed by atoms with Crippen LogP contribution in [0.1, 0.15) is 19.8 Å². The zero-order valence-electron chi connectivity index (χ0n) is 6.14. The zero-order chi connectivity index (χ0) is 7.61. The third kappa shape index (κ3) is 1.69. The molecule has 1 rings (SSSR count). The van der Waals surface area contributed by atoms with E-state index >= 15 is 0 Å². The Morgan fingerprint density at radius 1 is 1.70 bits per heavy atom. The minimum absolute atomic E-state index is 0.260. The molecule has 1 aliphatic heterocycles. The Kier molecular flexibility index (Phi) is 1.92. The van der Waals surface area contributed by atoms with Crippen molar-refractivity contribution < 1.29 is 9.18 Å². The van der Waals surface area contributed by atoms with Crippen LogP contribution in [0.25, 0.3) is 0 Å². The van der Waals surface area contributed by atoms with Crippen molar-refractivity contribution in [3.8, 4) is 0 Å². The van der Waals surface area contributed by atoms with Crippen molar-refractivity contribution in [1.82, 2.24) is 4.90 Å². The molecule has 1 fully saturated rings. The van der Waals surface area contributed by atoms with E-state index in [1.165, 1.54) is 4.90 Å². The minimum Gasteiger partial charge on any atom is -0.342 e. The second kappa shape index (κ2) is 2.56. The lowest BCUT2D eigenvalue weighted by Crippen LogP contribution is -2.42. The number of piperidine rings is 1. The van der Waals surface area contributed by atoms with Crippen LogP contribution in [-0.2, 0) is 4.79 Å². The highest BCUT2D eigenvalue weighted by Crippen LogP contribution is 2.23. The average molecular weight is 145 g/mol. The maximum absolute atomic E-state index is 13.1. The Labute approximate surface area is 60.0 Å². The summed E-state index contributed by atoms with van der Waals surface area (Å²) in [6.45, 7) is 2.52. The Morgan fingerprint density at radius 2 is 2.40 bits per heavy atom. The van der Waals surface area contributed by atoms with Gasteiger partial charge in [0.05, 0.1) is 6.54 Å². The average Bonchev–Trinajstić information content (AvgIpc) is 1.86. The molecule has 0 aliphatic carbocycles. The molecule has 1 atom stereocenters. The third-order valence-electron chi connectivity index (χ3n) is 1.83. The zero-order valence-corrected chi connectivity index (χ0v) is 6.14. The van der Waals surface area contributed by atoms with E-state index in [1.807, 2.05) is 0 Å². The van der Waals surface area contributed by atoms with Gasteiger partial charge in [0.25, 0.3) is 0 Å². The third-order valence-corrected chi connectivity index (χ3v) is 1.83. The summed E-state index contributed by atoms with van der Waals surface area (Å²) in [5.74, 6) is 0. The molecule has 10 heavy (non-hydrogen) atoms. The molecule has 1 unspecified atom stereocenters. The van der Waals surface area contributed by atoms with Crippen LogP contribution < -0.4 is 0 Å². The van der Waals surface area contributed by atoms with Crippen LogP contribution in [0, 0.1) is 0 Å². The highest BCUT2D eigenvalue weighted by Gasteiger charge is 2.29. The molecule has 0 aromatic rings. The summed E-state index contributed by atoms with van der Waals surface area (Å²) in [4.78, 5) is 11.7. The van der Waals surface area contributed by atoms with Crippen LogP contribution in [0.15, 0.2) is 0 Å². The molecule has 1 heterocycles. The molecule has 0 N–H and O–H groups in total. The molecule has 1 amide bonds. The second-order valence-electron chi connectivity index (χ2n) is 3.09. The molecule has 1 saturated heterocycles. The smallest absolute Gasteiger partial charge is 0.209 e. The monoisotopic (exact) mass is 145 g/mol. The van der Waals surface area contributed by atoms with Gasteiger partial charge >= 0.3 is 0 Å². The van der Waals surface area contributed by atoms with E-state index in [0.717, 1.165) is 12.8 Å². The molecule has 0 aromatic heterocycles. The number of halogens is 1. The van der Waals surface area contributed by atoms with E-state index in [4.69, 9.17) is 0 Å². The van der Waals surface area contributed by atoms with E-state index in [0.29, 0.717) is 13.0 Å². The number of nitrogens with zero attached hydrogens (tertiary/aromatic N) is 1. The molecule has 0 bridgehead atoms. The largest absolute Gasteiger partial charge is 0.342 e. The van der Waals surface area contributed by atoms with Crippen molar-refractivity contribution in [2.45, 2.75) is 25.4 Å². The number of amides is 1. The van der Waals surface area contributed by atoms with E-state index in [1.54, 1.807) is 6.92 Å². The Hall–Kier alpha value is -0.600. The number of carbonyl (C=O) groups is 1. The van der Waals surface area contributed by atoms with Gasteiger partial charge in [-0.25, -0.2) is 4.39 Å². The topological polar surface area (TPSA) is 20.3 Å². The fourth-order valence-electron chi connectivity index (χ4n) is 1.32. The molecular formula is C7H12FNO. The van der Waals surface area contributed by atoms with Gasteiger partial charge < -0.3 is 4.90 Å². The van der Waals surface area contributed by atoms with Gasteiger partial charge in [-0.15, -0.1) is 0 Å². The predicted octanol–water partition coefficient (Wildman–Crippen LogP) is 0.967. The first-order valence-electron chi connectivity index (χ1n) is 3.52. The van der Waals surface area contributed by atoms with Crippen LogP contribution in [0.2, 0.25) is 0 Å². The van der Waals surface area contributed by atoms with Gasteiger partial charge in [-0.2, -0.15) is 0 Å². The molecule has 0 radical (unpaired) electrons. The first-order valence-corrected chi connectivity index (χ1v) is 3.52. The van der Waals surface area contributed by atoms with Crippen molar-refractivity contribution >= 4 is 6.41 Å². The van der Waals surface area contributed by atoms with Gasteiger partial charge in [-0.3, -0.25) is 4.79 Å². The van der Waals surface area contributed by atoms with Crippen LogP contribution in [0.5, 0.6) is 0 Å². The van der Waals surface area contributed by atoms with Gasteiger partial charge in [0.1, 0.15) is 5.67 Å². The summed E-state index contributed by atoms with van der Waals surface area (Å²) in [6, 6.07) is 0. The Balaban J connectivity index is 2.47. The van der Waals surface area contributed by atoms with Crippen LogP contribution in [0.4, 0.5) is 4.39 Å². The summed E-state index contributed by atoms with van der Waals surface area (Å²) in [6.07, 6.45) is 2.08. The second-order valence-corrected chi connectivity index (χ2v) is 3.09. The summed E-state index contributed by atoms with van der Waals surface area (Å²) in [7, 11) is 0. The molecule has 2 nitrogen and oxygen atoms in total. The molecule has 0 saturated carbocycles. The first-order chi connectivity index (χ1) is 4.64. The normalized spacial score (nSPS) is 34.0. The molecule has 0 spiro atoms. The number of rotatable bonds is 1. The molecule has 1 aliphatic rings. The summed E-state index contributed by atoms with van der Waals surface area (Å²) in [5.41, 5.74) is -1.15. The molecule has 0 aromatic carbocycles. The lowest BCUT2D eigenvalue weighted by Gasteiger charge is -2.32. The highest BCUT2D eigenvalue weighted by molar-refractivity contribution is 5.47. The van der Waals surface area contributed by atoms with Crippen LogP contribution >= 0.6 is 0 Å². The molecule has 3 heteroatoms. The number of hydrogen-bond acceptors (Lipinski definition) is 1. The lowest BCUT2D eigenvalue weighted by molar-refractivity contribution is -0.121. The number of carbonyl (C=O) groups excluding carboxylic acids is 1. The maximum Gasteiger partial charge on any atom is 0.209 e. The number of hydrogen-bond donors (Lipinski definition) is 0. The van der Waals surface area contributed by atoms with Crippen molar-refractivity contribution in [2.75, 3.05) is 13.1 Å². The predicted molar refractivity (Wildman–Crippen MR) is 36.4 cm³/mol. The van der Waals surface area contributed by atoms with Gasteiger partial charge in [0, 0.05) is 6.54 Å². The van der Waals surface area contributed by atoms with Crippen molar-refractivity contribution in [3.05, 3.63) is 0 Å². The SMILES string of the molecule is CC1(F)CCCN(C=O)C1. The van der Waals surface area contributed by atoms with Gasteiger partial charge in [0.2, 0.25) is 6.41 Å². The number of likely N-dealkylation sites (tertiary alicyclic amines) is 1. The summed E-state index contributed by atoms with van der Waals surface area (Å²) < 4.78 is 13.1. The standard InChI is InChI=1S/C7H12FNO/c1-7(8)3-2-4-9(5-7)6-10/h6H,2-5H2,1H3. The quantitative estimate of drug-likeness (QED) is 0.503. The Bertz CT molecular complexity index is 136. The first kappa shape index (κ1) is 7.51. The van der Waals surface area contributed by atoms with Crippen molar-refractivity contribution in [1.29, 1.82) is 0 Å². The van der Waals surface area contributed by atoms with Gasteiger partial charge in [-0.05, 0) is 19.8 Å².